The van der Waals surface area contributed by atoms with E-state index >= 15 is 0 Å². The van der Waals surface area contributed by atoms with E-state index in [1.54, 1.807) is 0 Å². The second-order valence-corrected chi connectivity index (χ2v) is 6.93. The molecular formula is C22H22N2. The lowest BCUT2D eigenvalue weighted by molar-refractivity contribution is 0.807. The number of hydrogen-bond donors (Lipinski definition) is 0. The number of aryl methyl sites for hydroxylation is 2. The van der Waals surface area contributed by atoms with Gasteiger partial charge in [-0.1, -0.05) is 41.5 Å². The molecule has 0 spiro atoms. The Morgan fingerprint density at radius 3 is 2.21 bits per heavy atom. The Kier molecular flexibility index (Phi) is 3.42. The molecule has 0 fully saturated rings. The smallest absolute Gasteiger partial charge is 0.141 e. The molecule has 120 valence electrons. The summed E-state index contributed by atoms with van der Waals surface area (Å²) in [7, 11) is 0. The Bertz CT molecular complexity index is 941. The highest BCUT2D eigenvalue weighted by Crippen LogP contribution is 2.40. The highest BCUT2D eigenvalue weighted by molar-refractivity contribution is 6.20. The quantitative estimate of drug-likeness (QED) is 0.587. The molecule has 0 radical (unpaired) electrons. The maximum Gasteiger partial charge on any atom is 0.141 e. The summed E-state index contributed by atoms with van der Waals surface area (Å²) in [6.45, 7) is 8.75. The summed E-state index contributed by atoms with van der Waals surface area (Å²) in [5.74, 6) is 1.04. The SMILES string of the molecule is Cc1cc(C)cc(C2=Nc3cccc4cccc(c34)N2C(C)C)c1. The minimum absolute atomic E-state index is 0.337. The zero-order valence-electron chi connectivity index (χ0n) is 14.7. The summed E-state index contributed by atoms with van der Waals surface area (Å²) < 4.78 is 0. The van der Waals surface area contributed by atoms with Crippen LogP contribution in [0.25, 0.3) is 10.8 Å². The zero-order chi connectivity index (χ0) is 16.8. The lowest BCUT2D eigenvalue weighted by atomic mass is 10.00. The van der Waals surface area contributed by atoms with Crippen molar-refractivity contribution in [3.05, 3.63) is 71.3 Å². The minimum atomic E-state index is 0.337. The molecule has 0 saturated carbocycles. The highest BCUT2D eigenvalue weighted by Gasteiger charge is 2.26. The van der Waals surface area contributed by atoms with Crippen molar-refractivity contribution in [2.45, 2.75) is 33.7 Å². The van der Waals surface area contributed by atoms with E-state index in [1.165, 1.54) is 33.2 Å². The molecule has 1 heterocycles. The summed E-state index contributed by atoms with van der Waals surface area (Å²) in [5.41, 5.74) is 6.05. The van der Waals surface area contributed by atoms with Gasteiger partial charge in [-0.25, -0.2) is 4.99 Å². The van der Waals surface area contributed by atoms with E-state index in [0.717, 1.165) is 11.5 Å². The molecule has 0 unspecified atom stereocenters. The number of rotatable bonds is 2. The molecular weight excluding hydrogens is 292 g/mol. The van der Waals surface area contributed by atoms with Gasteiger partial charge >= 0.3 is 0 Å². The maximum atomic E-state index is 5.06. The maximum absolute atomic E-state index is 5.06. The van der Waals surface area contributed by atoms with Gasteiger partial charge in [0.2, 0.25) is 0 Å². The van der Waals surface area contributed by atoms with Crippen LogP contribution in [0.1, 0.15) is 30.5 Å². The monoisotopic (exact) mass is 314 g/mol. The molecule has 0 amide bonds. The third kappa shape index (κ3) is 2.30. The Labute approximate surface area is 143 Å². The number of anilines is 1. The Hall–Kier alpha value is -2.61. The molecule has 2 heteroatoms. The topological polar surface area (TPSA) is 15.6 Å². The Balaban J connectivity index is 2.03. The third-order valence-electron chi connectivity index (χ3n) is 4.57. The van der Waals surface area contributed by atoms with Gasteiger partial charge in [0.25, 0.3) is 0 Å². The van der Waals surface area contributed by atoms with Crippen LogP contribution in [0.15, 0.2) is 59.6 Å². The number of hydrogen-bond acceptors (Lipinski definition) is 2. The fourth-order valence-corrected chi connectivity index (χ4v) is 3.71. The van der Waals surface area contributed by atoms with Gasteiger partial charge in [0.05, 0.1) is 11.4 Å². The van der Waals surface area contributed by atoms with Crippen LogP contribution < -0.4 is 4.90 Å². The van der Waals surface area contributed by atoms with Crippen LogP contribution in [0.5, 0.6) is 0 Å². The largest absolute Gasteiger partial charge is 0.323 e. The van der Waals surface area contributed by atoms with Gasteiger partial charge in [-0.15, -0.1) is 0 Å². The van der Waals surface area contributed by atoms with E-state index in [0.29, 0.717) is 6.04 Å². The summed E-state index contributed by atoms with van der Waals surface area (Å²) in [6.07, 6.45) is 0. The second-order valence-electron chi connectivity index (χ2n) is 6.93. The molecule has 24 heavy (non-hydrogen) atoms. The average molecular weight is 314 g/mol. The fourth-order valence-electron chi connectivity index (χ4n) is 3.71. The van der Waals surface area contributed by atoms with Gasteiger partial charge in [-0.05, 0) is 57.3 Å². The minimum Gasteiger partial charge on any atom is -0.323 e. The van der Waals surface area contributed by atoms with Gasteiger partial charge in [0.1, 0.15) is 5.84 Å². The number of benzene rings is 3. The average Bonchev–Trinajstić information content (AvgIpc) is 2.54. The third-order valence-corrected chi connectivity index (χ3v) is 4.57. The molecule has 0 aliphatic carbocycles. The van der Waals surface area contributed by atoms with E-state index < -0.39 is 0 Å². The van der Waals surface area contributed by atoms with Crippen molar-refractivity contribution in [1.29, 1.82) is 0 Å². The van der Waals surface area contributed by atoms with Crippen molar-refractivity contribution >= 4 is 28.0 Å². The van der Waals surface area contributed by atoms with Crippen LogP contribution in [-0.2, 0) is 0 Å². The first-order chi connectivity index (χ1) is 11.5. The van der Waals surface area contributed by atoms with Crippen molar-refractivity contribution < 1.29 is 0 Å². The normalized spacial score (nSPS) is 13.5. The van der Waals surface area contributed by atoms with Crippen LogP contribution >= 0.6 is 0 Å². The van der Waals surface area contributed by atoms with Crippen molar-refractivity contribution in [1.82, 2.24) is 0 Å². The Morgan fingerprint density at radius 1 is 0.875 bits per heavy atom. The molecule has 0 N–H and O–H groups in total. The molecule has 2 nitrogen and oxygen atoms in total. The van der Waals surface area contributed by atoms with Crippen LogP contribution in [-0.4, -0.2) is 11.9 Å². The summed E-state index contributed by atoms with van der Waals surface area (Å²) >= 11 is 0. The number of aliphatic imine (C=N–C) groups is 1. The molecule has 0 atom stereocenters. The summed E-state index contributed by atoms with van der Waals surface area (Å²) in [4.78, 5) is 7.43. The van der Waals surface area contributed by atoms with Gasteiger partial charge in [-0.2, -0.15) is 0 Å². The van der Waals surface area contributed by atoms with E-state index in [2.05, 4.69) is 87.2 Å². The lowest BCUT2D eigenvalue weighted by Crippen LogP contribution is -2.39. The van der Waals surface area contributed by atoms with Gasteiger partial charge in [0.15, 0.2) is 0 Å². The van der Waals surface area contributed by atoms with E-state index in [1.807, 2.05) is 0 Å². The van der Waals surface area contributed by atoms with Crippen LogP contribution in [0.2, 0.25) is 0 Å². The van der Waals surface area contributed by atoms with Crippen LogP contribution in [0.4, 0.5) is 11.4 Å². The molecule has 3 aromatic carbocycles. The first kappa shape index (κ1) is 14.9. The molecule has 0 aromatic heterocycles. The van der Waals surface area contributed by atoms with E-state index in [9.17, 15) is 0 Å². The standard InChI is InChI=1S/C22H22N2/c1-14(2)24-20-10-6-8-17-7-5-9-19(21(17)20)23-22(24)18-12-15(3)11-16(4)13-18/h5-14H,1-4H3. The van der Waals surface area contributed by atoms with Crippen LogP contribution in [0, 0.1) is 13.8 Å². The molecule has 1 aliphatic heterocycles. The van der Waals surface area contributed by atoms with Gasteiger partial charge in [-0.3, -0.25) is 0 Å². The first-order valence-corrected chi connectivity index (χ1v) is 8.53. The summed E-state index contributed by atoms with van der Waals surface area (Å²) in [5, 5.41) is 2.50. The zero-order valence-corrected chi connectivity index (χ0v) is 14.7. The number of nitrogens with zero attached hydrogens (tertiary/aromatic N) is 2. The number of amidine groups is 1. The molecule has 3 aromatic rings. The Morgan fingerprint density at radius 2 is 1.54 bits per heavy atom. The molecule has 0 saturated heterocycles. The van der Waals surface area contributed by atoms with Gasteiger partial charge in [0, 0.05) is 17.0 Å². The predicted molar refractivity (Wildman–Crippen MR) is 104 cm³/mol. The highest BCUT2D eigenvalue weighted by atomic mass is 15.2. The van der Waals surface area contributed by atoms with E-state index in [-0.39, 0.29) is 0 Å². The second kappa shape index (κ2) is 5.48. The molecule has 1 aliphatic rings. The summed E-state index contributed by atoms with van der Waals surface area (Å²) in [6, 6.07) is 19.9. The van der Waals surface area contributed by atoms with E-state index in [4.69, 9.17) is 4.99 Å². The predicted octanol–water partition coefficient (Wildman–Crippen LogP) is 5.76. The lowest BCUT2D eigenvalue weighted by Gasteiger charge is -2.34. The van der Waals surface area contributed by atoms with Crippen molar-refractivity contribution in [2.24, 2.45) is 4.99 Å². The van der Waals surface area contributed by atoms with Gasteiger partial charge < -0.3 is 4.90 Å². The van der Waals surface area contributed by atoms with Crippen molar-refractivity contribution in [2.75, 3.05) is 4.90 Å². The van der Waals surface area contributed by atoms with Crippen molar-refractivity contribution in [3.63, 3.8) is 0 Å². The first-order valence-electron chi connectivity index (χ1n) is 8.53. The van der Waals surface area contributed by atoms with Crippen molar-refractivity contribution in [3.8, 4) is 0 Å². The fraction of sp³-hybridized carbons (Fsp3) is 0.227. The molecule has 0 bridgehead atoms. The molecule has 4 rings (SSSR count). The van der Waals surface area contributed by atoms with Crippen LogP contribution in [0.3, 0.4) is 0 Å².